The van der Waals surface area contributed by atoms with Crippen molar-refractivity contribution < 1.29 is 13.6 Å². The molecular weight excluding hydrogens is 519 g/mol. The van der Waals surface area contributed by atoms with Crippen molar-refractivity contribution >= 4 is 36.5 Å². The van der Waals surface area contributed by atoms with Gasteiger partial charge in [-0.05, 0) is 62.1 Å². The van der Waals surface area contributed by atoms with Crippen molar-refractivity contribution in [1.82, 2.24) is 20.2 Å². The topological polar surface area (TPSA) is 71.0 Å². The van der Waals surface area contributed by atoms with Gasteiger partial charge in [0.25, 0.3) is 0 Å². The molecule has 37 heavy (non-hydrogen) atoms. The number of hydrogen-bond acceptors (Lipinski definition) is 4. The average molecular weight is 563 g/mol. The number of carbonyl (C=O) groups is 1. The van der Waals surface area contributed by atoms with Crippen LogP contribution in [0.4, 0.5) is 14.6 Å². The van der Waals surface area contributed by atoms with Crippen LogP contribution < -0.4 is 16.0 Å². The van der Waals surface area contributed by atoms with Crippen molar-refractivity contribution in [2.24, 2.45) is 5.41 Å². The van der Waals surface area contributed by atoms with Gasteiger partial charge in [0.1, 0.15) is 11.6 Å². The molecular formula is C27H43Cl2F2N5O. The van der Waals surface area contributed by atoms with Crippen molar-refractivity contribution in [1.29, 1.82) is 0 Å². The van der Waals surface area contributed by atoms with E-state index < -0.39 is 17.7 Å². The maximum absolute atomic E-state index is 14.3. The molecule has 1 aliphatic rings. The number of benzene rings is 1. The fraction of sp³-hybridized carbons (Fsp3) is 0.630. The van der Waals surface area contributed by atoms with E-state index in [1.807, 2.05) is 17.7 Å². The highest BCUT2D eigenvalue weighted by Crippen LogP contribution is 2.26. The van der Waals surface area contributed by atoms with Crippen molar-refractivity contribution in [3.8, 4) is 0 Å². The Bertz CT molecular complexity index is 1020. The van der Waals surface area contributed by atoms with Crippen molar-refractivity contribution in [2.75, 3.05) is 18.4 Å². The average Bonchev–Trinajstić information content (AvgIpc) is 3.22. The first-order valence-electron chi connectivity index (χ1n) is 12.7. The van der Waals surface area contributed by atoms with Crippen molar-refractivity contribution in [3.63, 3.8) is 0 Å². The standard InChI is InChI=1S/C27H41F2N5O.2ClH/c1-7-8-23(32-20-10-9-18-11-19(28)12-22(29)21(18)13-20)25(35)33-24-14-34(17-31-24)27(5,6)16-30-15-26(2,3)4;;/h11-12,14,17,20,23,30,32H,7-10,13,15-16H2,1-6H3,(H,33,35);2*1H/t20-,23-;;/m0../s1. The number of fused-ring (bicyclic) bond motifs is 1. The number of amides is 1. The van der Waals surface area contributed by atoms with Gasteiger partial charge in [-0.2, -0.15) is 0 Å². The highest BCUT2D eigenvalue weighted by atomic mass is 35.5. The molecule has 0 unspecified atom stereocenters. The second kappa shape index (κ2) is 13.9. The van der Waals surface area contributed by atoms with E-state index in [2.05, 4.69) is 55.6 Å². The third kappa shape index (κ3) is 9.50. The van der Waals surface area contributed by atoms with Crippen LogP contribution in [-0.2, 0) is 23.2 Å². The summed E-state index contributed by atoms with van der Waals surface area (Å²) in [5.41, 5.74) is 1.27. The fourth-order valence-electron chi connectivity index (χ4n) is 4.56. The molecule has 3 N–H and O–H groups in total. The fourth-order valence-corrected chi connectivity index (χ4v) is 4.56. The molecule has 0 aliphatic heterocycles. The van der Waals surface area contributed by atoms with E-state index in [1.165, 1.54) is 6.07 Å². The molecule has 1 aliphatic carbocycles. The summed E-state index contributed by atoms with van der Waals surface area (Å²) in [5.74, 6) is -0.680. The van der Waals surface area contributed by atoms with Gasteiger partial charge in [0.15, 0.2) is 5.82 Å². The van der Waals surface area contributed by atoms with Gasteiger partial charge in [0, 0.05) is 31.4 Å². The Hall–Kier alpha value is -1.74. The van der Waals surface area contributed by atoms with E-state index in [0.717, 1.165) is 37.6 Å². The van der Waals surface area contributed by atoms with E-state index >= 15 is 0 Å². The number of anilines is 1. The number of hydrogen-bond donors (Lipinski definition) is 3. The predicted molar refractivity (Wildman–Crippen MR) is 151 cm³/mol. The Balaban J connectivity index is 0.00000342. The molecule has 0 spiro atoms. The number of aromatic nitrogens is 2. The van der Waals surface area contributed by atoms with E-state index in [1.54, 1.807) is 6.33 Å². The molecule has 1 aromatic carbocycles. The molecule has 2 aromatic rings. The zero-order valence-electron chi connectivity index (χ0n) is 22.8. The number of halogens is 4. The largest absolute Gasteiger partial charge is 0.328 e. The lowest BCUT2D eigenvalue weighted by Gasteiger charge is -2.30. The van der Waals surface area contributed by atoms with Gasteiger partial charge in [-0.3, -0.25) is 4.79 Å². The minimum Gasteiger partial charge on any atom is -0.328 e. The maximum atomic E-state index is 14.3. The molecule has 0 saturated carbocycles. The highest BCUT2D eigenvalue weighted by molar-refractivity contribution is 5.94. The Kier molecular flexibility index (Phi) is 12.5. The normalized spacial score (nSPS) is 16.3. The zero-order chi connectivity index (χ0) is 25.8. The minimum atomic E-state index is -0.538. The van der Waals surface area contributed by atoms with Crippen LogP contribution in [0.3, 0.4) is 0 Å². The van der Waals surface area contributed by atoms with Gasteiger partial charge in [-0.1, -0.05) is 34.1 Å². The Morgan fingerprint density at radius 2 is 1.86 bits per heavy atom. The van der Waals surface area contributed by atoms with Gasteiger partial charge in [0.05, 0.1) is 17.9 Å². The molecule has 1 aromatic heterocycles. The molecule has 1 heterocycles. The smallest absolute Gasteiger partial charge is 0.242 e. The lowest BCUT2D eigenvalue weighted by Crippen LogP contribution is -2.48. The first kappa shape index (κ1) is 33.3. The second-order valence-corrected chi connectivity index (χ2v) is 11.6. The molecule has 3 rings (SSSR count). The molecule has 2 atom stereocenters. The molecule has 0 fully saturated rings. The van der Waals surface area contributed by atoms with Crippen LogP contribution in [0.25, 0.3) is 0 Å². The van der Waals surface area contributed by atoms with Crippen LogP contribution in [0, 0.1) is 17.0 Å². The van der Waals surface area contributed by atoms with E-state index in [4.69, 9.17) is 0 Å². The third-order valence-corrected chi connectivity index (χ3v) is 6.54. The van der Waals surface area contributed by atoms with E-state index in [0.29, 0.717) is 30.6 Å². The number of nitrogens with one attached hydrogen (secondary N) is 3. The quantitative estimate of drug-likeness (QED) is 0.351. The number of rotatable bonds is 10. The summed E-state index contributed by atoms with van der Waals surface area (Å²) in [5, 5.41) is 9.89. The Morgan fingerprint density at radius 1 is 1.16 bits per heavy atom. The number of aryl methyl sites for hydroxylation is 1. The number of nitrogens with zero attached hydrogens (tertiary/aromatic N) is 2. The summed E-state index contributed by atoms with van der Waals surface area (Å²) in [6.45, 7) is 14.6. The van der Waals surface area contributed by atoms with Crippen molar-refractivity contribution in [3.05, 3.63) is 47.4 Å². The summed E-state index contributed by atoms with van der Waals surface area (Å²) in [4.78, 5) is 17.5. The first-order chi connectivity index (χ1) is 16.4. The summed E-state index contributed by atoms with van der Waals surface area (Å²) in [7, 11) is 0. The maximum Gasteiger partial charge on any atom is 0.242 e. The van der Waals surface area contributed by atoms with Crippen LogP contribution >= 0.6 is 24.8 Å². The molecule has 6 nitrogen and oxygen atoms in total. The second-order valence-electron chi connectivity index (χ2n) is 11.6. The molecule has 1 amide bonds. The minimum absolute atomic E-state index is 0. The summed E-state index contributed by atoms with van der Waals surface area (Å²) in [6.07, 6.45) is 6.86. The predicted octanol–water partition coefficient (Wildman–Crippen LogP) is 5.63. The molecule has 0 bridgehead atoms. The number of imidazole rings is 1. The Morgan fingerprint density at radius 3 is 2.51 bits per heavy atom. The lowest BCUT2D eigenvalue weighted by atomic mass is 9.87. The summed E-state index contributed by atoms with van der Waals surface area (Å²) < 4.78 is 29.9. The van der Waals surface area contributed by atoms with Gasteiger partial charge in [-0.25, -0.2) is 13.8 Å². The molecule has 10 heteroatoms. The lowest BCUT2D eigenvalue weighted by molar-refractivity contribution is -0.118. The van der Waals surface area contributed by atoms with Gasteiger partial charge in [0.2, 0.25) is 5.91 Å². The molecule has 210 valence electrons. The van der Waals surface area contributed by atoms with E-state index in [-0.39, 0.29) is 47.7 Å². The summed E-state index contributed by atoms with van der Waals surface area (Å²) in [6, 6.07) is 1.90. The highest BCUT2D eigenvalue weighted by Gasteiger charge is 2.28. The van der Waals surface area contributed by atoms with Crippen LogP contribution in [0.2, 0.25) is 0 Å². The number of carbonyl (C=O) groups excluding carboxylic acids is 1. The van der Waals surface area contributed by atoms with Crippen LogP contribution in [0.5, 0.6) is 0 Å². The summed E-state index contributed by atoms with van der Waals surface area (Å²) >= 11 is 0. The van der Waals surface area contributed by atoms with Crippen molar-refractivity contribution in [2.45, 2.75) is 91.3 Å². The molecule has 0 radical (unpaired) electrons. The van der Waals surface area contributed by atoms with Crippen LogP contribution in [0.1, 0.15) is 71.9 Å². The van der Waals surface area contributed by atoms with Gasteiger partial charge < -0.3 is 20.5 Å². The SMILES string of the molecule is CCC[C@H](N[C@H]1CCc2cc(F)cc(F)c2C1)C(=O)Nc1cn(C(C)(C)CNCC(C)(C)C)cn1.Cl.Cl. The first-order valence-corrected chi connectivity index (χ1v) is 12.7. The Labute approximate surface area is 232 Å². The van der Waals surface area contributed by atoms with Gasteiger partial charge >= 0.3 is 0 Å². The van der Waals surface area contributed by atoms with Crippen LogP contribution in [0.15, 0.2) is 24.7 Å². The van der Waals surface area contributed by atoms with E-state index in [9.17, 15) is 13.6 Å². The monoisotopic (exact) mass is 561 g/mol. The molecule has 0 saturated heterocycles. The van der Waals surface area contributed by atoms with Crippen LogP contribution in [-0.4, -0.2) is 40.6 Å². The van der Waals surface area contributed by atoms with Gasteiger partial charge in [-0.15, -0.1) is 24.8 Å². The zero-order valence-corrected chi connectivity index (χ0v) is 24.4. The third-order valence-electron chi connectivity index (χ3n) is 6.54.